The summed E-state index contributed by atoms with van der Waals surface area (Å²) >= 11 is 0. The van der Waals surface area contributed by atoms with E-state index >= 15 is 0 Å². The first-order chi connectivity index (χ1) is 13.1. The van der Waals surface area contributed by atoms with Crippen molar-refractivity contribution >= 4 is 11.8 Å². The van der Waals surface area contributed by atoms with Crippen molar-refractivity contribution in [2.45, 2.75) is 31.0 Å². The fourth-order valence-corrected chi connectivity index (χ4v) is 4.36. The molecule has 2 amide bonds. The number of hydrogen-bond donors (Lipinski definition) is 2. The van der Waals surface area contributed by atoms with Crippen molar-refractivity contribution in [1.82, 2.24) is 5.32 Å². The molecule has 1 aliphatic heterocycles. The predicted octanol–water partition coefficient (Wildman–Crippen LogP) is 2.35. The molecule has 1 saturated carbocycles. The Morgan fingerprint density at radius 3 is 2.07 bits per heavy atom. The summed E-state index contributed by atoms with van der Waals surface area (Å²) in [5, 5.41) is 2.99. The summed E-state index contributed by atoms with van der Waals surface area (Å²) in [6.45, 7) is 0.407. The van der Waals surface area contributed by atoms with Crippen molar-refractivity contribution in [2.75, 3.05) is 6.54 Å². The molecule has 27 heavy (non-hydrogen) atoms. The summed E-state index contributed by atoms with van der Waals surface area (Å²) in [7, 11) is 0. The number of nitrogens with one attached hydrogen (secondary N) is 1. The van der Waals surface area contributed by atoms with Gasteiger partial charge in [-0.05, 0) is 24.0 Å². The third-order valence-corrected chi connectivity index (χ3v) is 5.81. The molecular weight excluding hydrogens is 340 g/mol. The average molecular weight is 364 g/mol. The highest BCUT2D eigenvalue weighted by Gasteiger charge is 2.58. The Morgan fingerprint density at radius 2 is 1.52 bits per heavy atom. The van der Waals surface area contributed by atoms with Crippen molar-refractivity contribution in [1.29, 1.82) is 0 Å². The summed E-state index contributed by atoms with van der Waals surface area (Å²) in [6, 6.07) is 20.1. The Balaban J connectivity index is 1.48. The Labute approximate surface area is 158 Å². The van der Waals surface area contributed by atoms with Gasteiger partial charge in [0.05, 0.1) is 0 Å². The van der Waals surface area contributed by atoms with Crippen LogP contribution in [0.15, 0.2) is 60.7 Å². The van der Waals surface area contributed by atoms with Gasteiger partial charge in [-0.25, -0.2) is 0 Å². The molecule has 1 saturated heterocycles. The van der Waals surface area contributed by atoms with Crippen LogP contribution in [0, 0.1) is 11.8 Å². The molecule has 1 heterocycles. The Morgan fingerprint density at radius 1 is 0.963 bits per heavy atom. The van der Waals surface area contributed by atoms with Gasteiger partial charge in [-0.15, -0.1) is 0 Å². The van der Waals surface area contributed by atoms with E-state index in [1.807, 2.05) is 36.4 Å². The van der Waals surface area contributed by atoms with E-state index in [0.717, 1.165) is 17.5 Å². The summed E-state index contributed by atoms with van der Waals surface area (Å²) in [5.74, 6) is -1.14. The molecule has 0 radical (unpaired) electrons. The maximum Gasteiger partial charge on any atom is 0.224 e. The van der Waals surface area contributed by atoms with E-state index in [9.17, 15) is 9.59 Å². The summed E-state index contributed by atoms with van der Waals surface area (Å²) in [6.07, 6.45) is 2.14. The van der Waals surface area contributed by atoms with Gasteiger partial charge in [0, 0.05) is 18.4 Å². The minimum absolute atomic E-state index is 0.0955. The van der Waals surface area contributed by atoms with Crippen LogP contribution in [0.4, 0.5) is 0 Å². The summed E-state index contributed by atoms with van der Waals surface area (Å²) < 4.78 is 6.16. The number of amides is 2. The smallest absolute Gasteiger partial charge is 0.224 e. The fraction of sp³-hybridized carbons (Fsp3) is 0.364. The van der Waals surface area contributed by atoms with Crippen LogP contribution in [0.5, 0.6) is 0 Å². The minimum atomic E-state index is -0.533. The summed E-state index contributed by atoms with van der Waals surface area (Å²) in [5.41, 5.74) is 7.06. The zero-order valence-electron chi connectivity index (χ0n) is 15.1. The number of carbonyl (C=O) groups excluding carboxylic acids is 2. The molecule has 1 aliphatic carbocycles. The maximum atomic E-state index is 12.6. The lowest BCUT2D eigenvalue weighted by Gasteiger charge is -2.17. The zero-order valence-corrected chi connectivity index (χ0v) is 15.1. The van der Waals surface area contributed by atoms with Crippen LogP contribution in [0.3, 0.4) is 0 Å². The molecule has 5 heteroatoms. The zero-order chi connectivity index (χ0) is 18.9. The van der Waals surface area contributed by atoms with Gasteiger partial charge in [0.2, 0.25) is 11.8 Å². The first-order valence-electron chi connectivity index (χ1n) is 9.49. The summed E-state index contributed by atoms with van der Waals surface area (Å²) in [4.78, 5) is 24.2. The van der Waals surface area contributed by atoms with E-state index in [1.54, 1.807) is 0 Å². The lowest BCUT2D eigenvalue weighted by Crippen LogP contribution is -2.39. The van der Waals surface area contributed by atoms with Crippen molar-refractivity contribution < 1.29 is 14.3 Å². The minimum Gasteiger partial charge on any atom is -0.369 e. The maximum absolute atomic E-state index is 12.6. The van der Waals surface area contributed by atoms with E-state index in [4.69, 9.17) is 10.5 Å². The largest absolute Gasteiger partial charge is 0.369 e. The Hall–Kier alpha value is -2.66. The van der Waals surface area contributed by atoms with Crippen LogP contribution < -0.4 is 11.1 Å². The number of carbonyl (C=O) groups is 2. The number of primary amides is 1. The second-order valence-corrected chi connectivity index (χ2v) is 7.37. The van der Waals surface area contributed by atoms with Crippen LogP contribution in [0.25, 0.3) is 0 Å². The van der Waals surface area contributed by atoms with Gasteiger partial charge in [0.15, 0.2) is 0 Å². The lowest BCUT2D eigenvalue weighted by molar-refractivity contribution is -0.132. The van der Waals surface area contributed by atoms with Gasteiger partial charge in [0.1, 0.15) is 11.7 Å². The molecular formula is C22H24N2O3. The third-order valence-electron chi connectivity index (χ3n) is 5.81. The highest BCUT2D eigenvalue weighted by atomic mass is 16.6. The van der Waals surface area contributed by atoms with E-state index in [0.29, 0.717) is 19.4 Å². The molecule has 5 nitrogen and oxygen atoms in total. The average Bonchev–Trinajstić information content (AvgIpc) is 3.22. The molecule has 2 fully saturated rings. The van der Waals surface area contributed by atoms with Crippen molar-refractivity contribution in [3.63, 3.8) is 0 Å². The molecule has 2 aliphatic rings. The van der Waals surface area contributed by atoms with E-state index in [-0.39, 0.29) is 29.8 Å². The second-order valence-electron chi connectivity index (χ2n) is 7.37. The number of epoxide rings is 1. The molecule has 0 spiro atoms. The molecule has 4 rings (SSSR count). The van der Waals surface area contributed by atoms with Gasteiger partial charge in [0.25, 0.3) is 0 Å². The highest BCUT2D eigenvalue weighted by Crippen LogP contribution is 2.51. The Kier molecular flexibility index (Phi) is 4.70. The Bertz CT molecular complexity index is 782. The normalized spacial score (nSPS) is 25.7. The molecule has 3 atom stereocenters. The van der Waals surface area contributed by atoms with Crippen LogP contribution >= 0.6 is 0 Å². The van der Waals surface area contributed by atoms with E-state index < -0.39 is 5.60 Å². The van der Waals surface area contributed by atoms with Crippen LogP contribution in [-0.2, 0) is 19.9 Å². The van der Waals surface area contributed by atoms with Crippen LogP contribution in [0.2, 0.25) is 0 Å². The van der Waals surface area contributed by atoms with Crippen molar-refractivity contribution in [2.24, 2.45) is 17.6 Å². The number of ether oxygens (including phenoxy) is 1. The second kappa shape index (κ2) is 7.16. The first-order valence-corrected chi connectivity index (χ1v) is 9.49. The molecule has 3 N–H and O–H groups in total. The SMILES string of the molecule is NC(=O)C1CCCC1C(=O)NCC1OC1(c1ccccc1)c1ccccc1. The highest BCUT2D eigenvalue weighted by molar-refractivity contribution is 5.87. The number of rotatable bonds is 6. The standard InChI is InChI=1S/C22H24N2O3/c23-20(25)17-12-7-13-18(17)21(26)24-14-19-22(27-19,15-8-3-1-4-9-15)16-10-5-2-6-11-16/h1-6,8-11,17-19H,7,12-14H2,(H2,23,25)(H,24,26). The van der Waals surface area contributed by atoms with Crippen LogP contribution in [0.1, 0.15) is 30.4 Å². The van der Waals surface area contributed by atoms with Crippen LogP contribution in [-0.4, -0.2) is 24.5 Å². The molecule has 2 aromatic carbocycles. The van der Waals surface area contributed by atoms with Gasteiger partial charge < -0.3 is 15.8 Å². The van der Waals surface area contributed by atoms with Gasteiger partial charge >= 0.3 is 0 Å². The van der Waals surface area contributed by atoms with Gasteiger partial charge in [-0.1, -0.05) is 67.1 Å². The molecule has 3 unspecified atom stereocenters. The number of nitrogens with two attached hydrogens (primary N) is 1. The number of hydrogen-bond acceptors (Lipinski definition) is 3. The van der Waals surface area contributed by atoms with E-state index in [1.165, 1.54) is 0 Å². The van der Waals surface area contributed by atoms with Crippen molar-refractivity contribution in [3.8, 4) is 0 Å². The fourth-order valence-electron chi connectivity index (χ4n) is 4.36. The topological polar surface area (TPSA) is 84.7 Å². The quantitative estimate of drug-likeness (QED) is 0.772. The molecule has 2 aromatic rings. The van der Waals surface area contributed by atoms with Gasteiger partial charge in [-0.2, -0.15) is 0 Å². The van der Waals surface area contributed by atoms with Gasteiger partial charge in [-0.3, -0.25) is 9.59 Å². The third kappa shape index (κ3) is 3.23. The first kappa shape index (κ1) is 17.7. The number of benzene rings is 2. The molecule has 0 aromatic heterocycles. The van der Waals surface area contributed by atoms with E-state index in [2.05, 4.69) is 29.6 Å². The van der Waals surface area contributed by atoms with Crippen molar-refractivity contribution in [3.05, 3.63) is 71.8 Å². The monoisotopic (exact) mass is 364 g/mol. The molecule has 140 valence electrons. The molecule has 0 bridgehead atoms. The lowest BCUT2D eigenvalue weighted by atomic mass is 9.87. The predicted molar refractivity (Wildman–Crippen MR) is 102 cm³/mol.